The van der Waals surface area contributed by atoms with Crippen LogP contribution in [0, 0.1) is 11.3 Å². The number of benzene rings is 1. The van der Waals surface area contributed by atoms with Gasteiger partial charge in [0.15, 0.2) is 0 Å². The van der Waals surface area contributed by atoms with Gasteiger partial charge in [-0.05, 0) is 81.4 Å². The Labute approximate surface area is 390 Å². The van der Waals surface area contributed by atoms with Gasteiger partial charge in [-0.1, -0.05) is 40.3 Å². The molecule has 8 rings (SSSR count). The summed E-state index contributed by atoms with van der Waals surface area (Å²) in [5.41, 5.74) is 9.27. The van der Waals surface area contributed by atoms with Crippen LogP contribution in [0.2, 0.25) is 0 Å². The number of hydrogen-bond donors (Lipinski definition) is 2. The number of nitrogens with one attached hydrogen (secondary N) is 2. The first kappa shape index (κ1) is 46.9. The average Bonchev–Trinajstić information content (AvgIpc) is 3.99. The van der Waals surface area contributed by atoms with E-state index in [4.69, 9.17) is 19.4 Å². The molecule has 4 aliphatic rings. The standard InChI is InChI=1S/C49H63N9O7S/c1-10-41(59)56-21-18-38-39(56)25-57(38)48(63)54(8)43(28(3)4)45(60)52-35-23-40-51-36(26-66-40)30-16-17-37-32(22-30)33(44(55(37)11-2)31-14-12-19-50-42(31)29(5)64-9)24-49(6,7)27-65-47(62)34-15-13-20-58(53-34)46(35)61/h10,12,14,16-17,19,22,26,28-29,34-35,38-39,43,53H,1,11,13,15,18,20-21,23-25,27H2,2-9H3,(H,52,60)/t29-,34-,35-,38-,39-,43-/m0/s1. The minimum absolute atomic E-state index is 0.0770. The molecular formula is C49H63N9O7S. The van der Waals surface area contributed by atoms with Gasteiger partial charge in [0.1, 0.15) is 18.1 Å². The molecule has 0 spiro atoms. The van der Waals surface area contributed by atoms with Crippen molar-refractivity contribution in [2.75, 3.05) is 40.4 Å². The number of aromatic nitrogens is 3. The number of rotatable bonds is 9. The van der Waals surface area contributed by atoms with Crippen LogP contribution in [0.1, 0.15) is 83.2 Å². The van der Waals surface area contributed by atoms with Gasteiger partial charge in [-0.25, -0.2) is 15.2 Å². The SMILES string of the molecule is C=CC(=O)N1CC[C@H]2[C@@H]1CN2C(=O)N(C)[C@H](C(=O)N[C@H]1Cc2nc(cs2)-c2ccc3c(c2)c(c(-c2cccnc2[C@H](C)OC)n3CC)CC(C)(C)COC(=O)[C@@H]2CCCN(N2)C1=O)C(C)C. The highest BCUT2D eigenvalue weighted by atomic mass is 32.1. The molecule has 2 N–H and O–H groups in total. The number of fused-ring (bicyclic) bond motifs is 7. The molecule has 7 heterocycles. The molecule has 4 aromatic rings. The predicted molar refractivity (Wildman–Crippen MR) is 252 cm³/mol. The zero-order valence-corrected chi connectivity index (χ0v) is 40.2. The number of cyclic esters (lactones) is 1. The van der Waals surface area contributed by atoms with E-state index in [1.807, 2.05) is 32.2 Å². The van der Waals surface area contributed by atoms with Gasteiger partial charge in [0, 0.05) is 85.8 Å². The Kier molecular flexibility index (Phi) is 13.4. The molecule has 6 atom stereocenters. The van der Waals surface area contributed by atoms with E-state index in [1.54, 1.807) is 30.2 Å². The van der Waals surface area contributed by atoms with Crippen molar-refractivity contribution in [1.82, 2.24) is 45.0 Å². The summed E-state index contributed by atoms with van der Waals surface area (Å²) in [4.78, 5) is 84.3. The fourth-order valence-electron chi connectivity index (χ4n) is 10.3. The topological polar surface area (TPSA) is 172 Å². The Hall–Kier alpha value is -5.65. The van der Waals surface area contributed by atoms with Crippen molar-refractivity contribution in [1.29, 1.82) is 0 Å². The van der Waals surface area contributed by atoms with Crippen LogP contribution in [0.3, 0.4) is 0 Å². The fraction of sp³-hybridized carbons (Fsp3) is 0.531. The number of ether oxygens (including phenoxy) is 2. The number of likely N-dealkylation sites (tertiary alicyclic amines) is 2. The lowest BCUT2D eigenvalue weighted by molar-refractivity contribution is -0.155. The lowest BCUT2D eigenvalue weighted by atomic mass is 9.84. The molecule has 6 bridgehead atoms. The summed E-state index contributed by atoms with van der Waals surface area (Å²) >= 11 is 1.41. The van der Waals surface area contributed by atoms with Crippen molar-refractivity contribution < 1.29 is 33.4 Å². The van der Waals surface area contributed by atoms with Crippen molar-refractivity contribution >= 4 is 52.0 Å². The van der Waals surface area contributed by atoms with Crippen molar-refractivity contribution in [3.05, 3.63) is 70.8 Å². The van der Waals surface area contributed by atoms with Gasteiger partial charge >= 0.3 is 12.0 Å². The monoisotopic (exact) mass is 921 g/mol. The number of carbonyl (C=O) groups excluding carboxylic acids is 5. The molecule has 16 nitrogen and oxygen atoms in total. The number of esters is 1. The number of amides is 5. The maximum Gasteiger partial charge on any atom is 0.324 e. The summed E-state index contributed by atoms with van der Waals surface area (Å²) in [5.74, 6) is -1.82. The number of methoxy groups -OCH3 is 1. The van der Waals surface area contributed by atoms with E-state index < -0.39 is 41.3 Å². The Morgan fingerprint density at radius 2 is 1.91 bits per heavy atom. The lowest BCUT2D eigenvalue weighted by Gasteiger charge is -2.48. The molecule has 0 saturated carbocycles. The lowest BCUT2D eigenvalue weighted by Crippen LogP contribution is -2.68. The predicted octanol–water partition coefficient (Wildman–Crippen LogP) is 5.75. The smallest absolute Gasteiger partial charge is 0.324 e. The molecule has 3 saturated heterocycles. The average molecular weight is 922 g/mol. The minimum Gasteiger partial charge on any atom is -0.464 e. The van der Waals surface area contributed by atoms with E-state index in [-0.39, 0.29) is 49.1 Å². The molecule has 0 aliphatic carbocycles. The summed E-state index contributed by atoms with van der Waals surface area (Å²) in [6, 6.07) is 7.09. The van der Waals surface area contributed by atoms with Crippen LogP contribution in [-0.2, 0) is 48.0 Å². The van der Waals surface area contributed by atoms with E-state index in [1.165, 1.54) is 27.3 Å². The van der Waals surface area contributed by atoms with Gasteiger partial charge in [0.25, 0.3) is 5.91 Å². The van der Waals surface area contributed by atoms with Crippen molar-refractivity contribution in [2.45, 2.75) is 117 Å². The second-order valence-corrected chi connectivity index (χ2v) is 20.1. The first-order valence-electron chi connectivity index (χ1n) is 23.1. The number of likely N-dealkylation sites (N-methyl/N-ethyl adjacent to an activating group) is 1. The molecule has 0 unspecified atom stereocenters. The van der Waals surface area contributed by atoms with Gasteiger partial charge in [0.2, 0.25) is 11.8 Å². The number of pyridine rings is 1. The molecule has 3 aromatic heterocycles. The molecular weight excluding hydrogens is 859 g/mol. The molecule has 66 heavy (non-hydrogen) atoms. The molecule has 1 aromatic carbocycles. The number of hydrazine groups is 1. The van der Waals surface area contributed by atoms with Crippen LogP contribution in [0.25, 0.3) is 33.4 Å². The number of urea groups is 1. The van der Waals surface area contributed by atoms with Crippen molar-refractivity contribution in [3.8, 4) is 22.5 Å². The Morgan fingerprint density at radius 1 is 1.12 bits per heavy atom. The first-order chi connectivity index (χ1) is 31.5. The van der Waals surface area contributed by atoms with Crippen LogP contribution in [0.15, 0.2) is 54.6 Å². The van der Waals surface area contributed by atoms with Crippen LogP contribution < -0.4 is 10.7 Å². The molecule has 5 amide bonds. The zero-order valence-electron chi connectivity index (χ0n) is 39.3. The molecule has 17 heteroatoms. The molecule has 4 aliphatic heterocycles. The van der Waals surface area contributed by atoms with Gasteiger partial charge in [-0.3, -0.25) is 29.2 Å². The van der Waals surface area contributed by atoms with E-state index in [9.17, 15) is 24.0 Å². The van der Waals surface area contributed by atoms with E-state index >= 15 is 0 Å². The summed E-state index contributed by atoms with van der Waals surface area (Å²) in [5, 5.41) is 8.12. The molecule has 0 radical (unpaired) electrons. The van der Waals surface area contributed by atoms with Crippen LogP contribution in [0.5, 0.6) is 0 Å². The van der Waals surface area contributed by atoms with Gasteiger partial charge in [0.05, 0.1) is 46.9 Å². The summed E-state index contributed by atoms with van der Waals surface area (Å²) in [6.45, 7) is 17.7. The number of nitrogens with zero attached hydrogens (tertiary/aromatic N) is 7. The van der Waals surface area contributed by atoms with Crippen LogP contribution in [-0.4, -0.2) is 135 Å². The van der Waals surface area contributed by atoms with Crippen LogP contribution in [0.4, 0.5) is 4.79 Å². The first-order valence-corrected chi connectivity index (χ1v) is 24.0. The second kappa shape index (κ2) is 18.9. The summed E-state index contributed by atoms with van der Waals surface area (Å²) < 4.78 is 14.2. The highest BCUT2D eigenvalue weighted by Gasteiger charge is 2.52. The number of thiazole rings is 1. The Balaban J connectivity index is 1.14. The van der Waals surface area contributed by atoms with E-state index in [0.29, 0.717) is 56.9 Å². The Morgan fingerprint density at radius 3 is 2.64 bits per heavy atom. The van der Waals surface area contributed by atoms with Crippen LogP contribution >= 0.6 is 11.3 Å². The van der Waals surface area contributed by atoms with Gasteiger partial charge < -0.3 is 34.1 Å². The highest BCUT2D eigenvalue weighted by molar-refractivity contribution is 7.10. The number of aryl methyl sites for hydroxylation is 1. The maximum atomic E-state index is 14.6. The quantitative estimate of drug-likeness (QED) is 0.156. The maximum absolute atomic E-state index is 14.6. The van der Waals surface area contributed by atoms with E-state index in [0.717, 1.165) is 44.7 Å². The fourth-order valence-corrected chi connectivity index (χ4v) is 11.1. The van der Waals surface area contributed by atoms with Gasteiger partial charge in [-0.15, -0.1) is 11.3 Å². The normalized spacial score (nSPS) is 22.8. The number of hydrogen-bond acceptors (Lipinski definition) is 11. The van der Waals surface area contributed by atoms with Crippen molar-refractivity contribution in [3.63, 3.8) is 0 Å². The van der Waals surface area contributed by atoms with Gasteiger partial charge in [-0.2, -0.15) is 0 Å². The third-order valence-corrected chi connectivity index (χ3v) is 14.6. The molecule has 3 fully saturated rings. The minimum atomic E-state index is -1.08. The Bertz CT molecular complexity index is 2530. The highest BCUT2D eigenvalue weighted by Crippen LogP contribution is 2.42. The molecule has 352 valence electrons. The number of carbonyl (C=O) groups is 5. The third kappa shape index (κ3) is 8.84. The summed E-state index contributed by atoms with van der Waals surface area (Å²) in [6.07, 6.45) is 5.14. The zero-order chi connectivity index (χ0) is 47.2. The van der Waals surface area contributed by atoms with E-state index in [2.05, 4.69) is 66.9 Å². The third-order valence-electron chi connectivity index (χ3n) is 13.8. The second-order valence-electron chi connectivity index (χ2n) is 19.2. The summed E-state index contributed by atoms with van der Waals surface area (Å²) in [7, 11) is 3.29. The van der Waals surface area contributed by atoms with Crippen molar-refractivity contribution in [2.24, 2.45) is 11.3 Å². The largest absolute Gasteiger partial charge is 0.464 e.